The number of aromatic nitrogens is 1. The lowest BCUT2D eigenvalue weighted by atomic mass is 9.71. The highest BCUT2D eigenvalue weighted by Gasteiger charge is 2.36. The van der Waals surface area contributed by atoms with Crippen molar-refractivity contribution >= 4 is 16.6 Å². The lowest BCUT2D eigenvalue weighted by molar-refractivity contribution is 0.416. The Balaban J connectivity index is 1.83. The molecule has 3 aromatic rings. The van der Waals surface area contributed by atoms with E-state index in [9.17, 15) is 5.26 Å². The van der Waals surface area contributed by atoms with Crippen LogP contribution in [0.1, 0.15) is 54.3 Å². The molecule has 1 N–H and O–H groups in total. The molecule has 30 heavy (non-hydrogen) atoms. The van der Waals surface area contributed by atoms with Gasteiger partial charge in [-0.1, -0.05) is 32.9 Å². The minimum Gasteiger partial charge on any atom is -0.373 e. The van der Waals surface area contributed by atoms with Crippen LogP contribution in [0.15, 0.2) is 30.3 Å². The number of nitrogens with zero attached hydrogens (tertiary/aromatic N) is 3. The first-order valence-electron chi connectivity index (χ1n) is 10.8. The van der Waals surface area contributed by atoms with Crippen LogP contribution in [0.4, 0.5) is 5.69 Å². The van der Waals surface area contributed by atoms with Gasteiger partial charge in [0.05, 0.1) is 11.6 Å². The third kappa shape index (κ3) is 3.28. The number of aromatic amines is 1. The Labute approximate surface area is 180 Å². The second-order valence-corrected chi connectivity index (χ2v) is 9.37. The van der Waals surface area contributed by atoms with E-state index in [4.69, 9.17) is 0 Å². The largest absolute Gasteiger partial charge is 0.373 e. The van der Waals surface area contributed by atoms with Crippen LogP contribution in [0.25, 0.3) is 10.9 Å². The summed E-state index contributed by atoms with van der Waals surface area (Å²) < 4.78 is 0. The summed E-state index contributed by atoms with van der Waals surface area (Å²) in [6.45, 7) is 8.93. The zero-order valence-electron chi connectivity index (χ0n) is 19.1. The van der Waals surface area contributed by atoms with E-state index in [0.717, 1.165) is 31.4 Å². The van der Waals surface area contributed by atoms with Crippen molar-refractivity contribution in [3.05, 3.63) is 63.8 Å². The number of nitriles is 1. The number of hydrogen-bond donors (Lipinski definition) is 1. The van der Waals surface area contributed by atoms with Gasteiger partial charge in [0.25, 0.3) is 0 Å². The molecule has 1 aliphatic rings. The molecule has 0 saturated heterocycles. The number of benzene rings is 2. The summed E-state index contributed by atoms with van der Waals surface area (Å²) in [6, 6.07) is 13.1. The fraction of sp³-hybridized carbons (Fsp3) is 0.423. The maximum absolute atomic E-state index is 9.29. The van der Waals surface area contributed by atoms with Crippen molar-refractivity contribution in [2.45, 2.75) is 39.0 Å². The van der Waals surface area contributed by atoms with Crippen molar-refractivity contribution in [3.8, 4) is 6.07 Å². The highest BCUT2D eigenvalue weighted by Crippen LogP contribution is 2.45. The fourth-order valence-corrected chi connectivity index (χ4v) is 4.89. The SMILES string of the molecule is CCc1cc2c(cc1N(C)CCN(C)C)C(C)(C)c1[nH]c3cc(C#N)ccc3c1C2. The van der Waals surface area contributed by atoms with Crippen LogP contribution in [-0.4, -0.2) is 44.1 Å². The Morgan fingerprint density at radius 2 is 1.87 bits per heavy atom. The maximum atomic E-state index is 9.29. The molecule has 0 atom stereocenters. The molecule has 0 saturated carbocycles. The Hall–Kier alpha value is -2.77. The van der Waals surface area contributed by atoms with E-state index in [1.807, 2.05) is 12.1 Å². The molecule has 156 valence electrons. The van der Waals surface area contributed by atoms with Crippen LogP contribution in [0.5, 0.6) is 0 Å². The van der Waals surface area contributed by atoms with Gasteiger partial charge in [-0.05, 0) is 61.0 Å². The molecule has 0 spiro atoms. The average Bonchev–Trinajstić information content (AvgIpc) is 3.09. The van der Waals surface area contributed by atoms with E-state index in [0.29, 0.717) is 5.56 Å². The first kappa shape index (κ1) is 20.5. The van der Waals surface area contributed by atoms with Gasteiger partial charge in [-0.15, -0.1) is 0 Å². The first-order valence-corrected chi connectivity index (χ1v) is 10.8. The van der Waals surface area contributed by atoms with Crippen molar-refractivity contribution < 1.29 is 0 Å². The molecule has 4 rings (SSSR count). The molecular weight excluding hydrogens is 368 g/mol. The molecule has 4 nitrogen and oxygen atoms in total. The number of fused-ring (bicyclic) bond motifs is 4. The predicted molar refractivity (Wildman–Crippen MR) is 126 cm³/mol. The van der Waals surface area contributed by atoms with E-state index in [2.05, 4.69) is 81.0 Å². The predicted octanol–water partition coefficient (Wildman–Crippen LogP) is 4.83. The lowest BCUT2D eigenvalue weighted by Crippen LogP contribution is -2.31. The van der Waals surface area contributed by atoms with Crippen molar-refractivity contribution in [2.24, 2.45) is 0 Å². The summed E-state index contributed by atoms with van der Waals surface area (Å²) in [7, 11) is 6.46. The van der Waals surface area contributed by atoms with Gasteiger partial charge in [-0.25, -0.2) is 0 Å². The second-order valence-electron chi connectivity index (χ2n) is 9.37. The van der Waals surface area contributed by atoms with Crippen molar-refractivity contribution in [2.75, 3.05) is 39.1 Å². The number of likely N-dealkylation sites (N-methyl/N-ethyl adjacent to an activating group) is 2. The molecule has 2 aromatic carbocycles. The number of anilines is 1. The quantitative estimate of drug-likeness (QED) is 0.667. The number of aryl methyl sites for hydroxylation is 1. The maximum Gasteiger partial charge on any atom is 0.0992 e. The Morgan fingerprint density at radius 1 is 1.10 bits per heavy atom. The molecule has 0 bridgehead atoms. The molecule has 1 aromatic heterocycles. The Morgan fingerprint density at radius 3 is 2.53 bits per heavy atom. The summed E-state index contributed by atoms with van der Waals surface area (Å²) in [5, 5.41) is 10.5. The minimum absolute atomic E-state index is 0.113. The molecule has 4 heteroatoms. The molecule has 0 fully saturated rings. The normalized spacial score (nSPS) is 14.5. The Bertz CT molecular complexity index is 1140. The summed E-state index contributed by atoms with van der Waals surface area (Å²) in [5.41, 5.74) is 9.92. The van der Waals surface area contributed by atoms with Crippen LogP contribution in [0.2, 0.25) is 0 Å². The summed E-state index contributed by atoms with van der Waals surface area (Å²) in [4.78, 5) is 8.30. The topological polar surface area (TPSA) is 46.1 Å². The van der Waals surface area contributed by atoms with Crippen LogP contribution in [0.3, 0.4) is 0 Å². The van der Waals surface area contributed by atoms with Gasteiger partial charge >= 0.3 is 0 Å². The lowest BCUT2D eigenvalue weighted by Gasteiger charge is -2.35. The van der Waals surface area contributed by atoms with E-state index >= 15 is 0 Å². The Kier molecular flexibility index (Phi) is 5.11. The smallest absolute Gasteiger partial charge is 0.0992 e. The monoisotopic (exact) mass is 400 g/mol. The number of hydrogen-bond acceptors (Lipinski definition) is 3. The van der Waals surface area contributed by atoms with E-state index < -0.39 is 0 Å². The molecule has 0 aliphatic heterocycles. The summed E-state index contributed by atoms with van der Waals surface area (Å²) in [5.74, 6) is 0. The van der Waals surface area contributed by atoms with Gasteiger partial charge in [-0.2, -0.15) is 5.26 Å². The van der Waals surface area contributed by atoms with Gasteiger partial charge in [0.15, 0.2) is 0 Å². The molecular formula is C26H32N4. The molecule has 1 heterocycles. The second kappa shape index (κ2) is 7.49. The summed E-state index contributed by atoms with van der Waals surface area (Å²) >= 11 is 0. The average molecular weight is 401 g/mol. The van der Waals surface area contributed by atoms with Crippen molar-refractivity contribution in [1.29, 1.82) is 5.26 Å². The molecule has 0 amide bonds. The van der Waals surface area contributed by atoms with Crippen molar-refractivity contribution in [1.82, 2.24) is 9.88 Å². The highest BCUT2D eigenvalue weighted by molar-refractivity contribution is 5.88. The van der Waals surface area contributed by atoms with Crippen LogP contribution < -0.4 is 4.90 Å². The third-order valence-corrected chi connectivity index (χ3v) is 6.68. The number of nitrogens with one attached hydrogen (secondary N) is 1. The van der Waals surface area contributed by atoms with Crippen LogP contribution >= 0.6 is 0 Å². The molecule has 0 radical (unpaired) electrons. The first-order chi connectivity index (χ1) is 14.3. The molecule has 0 unspecified atom stereocenters. The van der Waals surface area contributed by atoms with Gasteiger partial charge in [0.2, 0.25) is 0 Å². The number of rotatable bonds is 5. The number of H-pyrrole nitrogens is 1. The van der Waals surface area contributed by atoms with E-state index in [1.165, 1.54) is 39.0 Å². The minimum atomic E-state index is -0.113. The molecule has 1 aliphatic carbocycles. The van der Waals surface area contributed by atoms with Crippen LogP contribution in [-0.2, 0) is 18.3 Å². The van der Waals surface area contributed by atoms with Gasteiger partial charge in [0, 0.05) is 54.3 Å². The summed E-state index contributed by atoms with van der Waals surface area (Å²) in [6.07, 6.45) is 1.97. The van der Waals surface area contributed by atoms with E-state index in [1.54, 1.807) is 0 Å². The standard InChI is InChI=1S/C26H32N4/c1-7-18-13-19-14-21-20-9-8-17(16-27)12-23(20)28-25(21)26(2,3)22(19)15-24(18)30(6)11-10-29(4)5/h8-9,12-13,15,28H,7,10-11,14H2,1-6H3. The third-order valence-electron chi connectivity index (χ3n) is 6.68. The zero-order valence-corrected chi connectivity index (χ0v) is 19.1. The van der Waals surface area contributed by atoms with Gasteiger partial charge in [-0.3, -0.25) is 0 Å². The fourth-order valence-electron chi connectivity index (χ4n) is 4.89. The highest BCUT2D eigenvalue weighted by atomic mass is 15.2. The van der Waals surface area contributed by atoms with Gasteiger partial charge < -0.3 is 14.8 Å². The zero-order chi connectivity index (χ0) is 21.6. The van der Waals surface area contributed by atoms with Crippen molar-refractivity contribution in [3.63, 3.8) is 0 Å². The van der Waals surface area contributed by atoms with E-state index in [-0.39, 0.29) is 5.41 Å². The van der Waals surface area contributed by atoms with Gasteiger partial charge in [0.1, 0.15) is 0 Å². The van der Waals surface area contributed by atoms with Crippen LogP contribution in [0, 0.1) is 11.3 Å².